The number of fused-ring (bicyclic) bond motifs is 1. The molecule has 2 aromatic rings. The van der Waals surface area contributed by atoms with Crippen molar-refractivity contribution in [2.75, 3.05) is 0 Å². The lowest BCUT2D eigenvalue weighted by molar-refractivity contribution is 0.399. The first-order valence-electron chi connectivity index (χ1n) is 6.55. The molecule has 0 saturated heterocycles. The van der Waals surface area contributed by atoms with Crippen molar-refractivity contribution in [3.05, 3.63) is 51.0 Å². The maximum atomic E-state index is 10.4. The van der Waals surface area contributed by atoms with E-state index in [2.05, 4.69) is 22.0 Å². The predicted molar refractivity (Wildman–Crippen MR) is 82.7 cm³/mol. The second-order valence-electron chi connectivity index (χ2n) is 5.30. The van der Waals surface area contributed by atoms with E-state index in [9.17, 15) is 10.2 Å². The van der Waals surface area contributed by atoms with Crippen LogP contribution in [0.25, 0.3) is 5.69 Å². The predicted octanol–water partition coefficient (Wildman–Crippen LogP) is 4.00. The third-order valence-electron chi connectivity index (χ3n) is 3.85. The van der Waals surface area contributed by atoms with Gasteiger partial charge in [-0.25, -0.2) is 0 Å². The third kappa shape index (κ3) is 1.95. The fourth-order valence-corrected chi connectivity index (χ4v) is 3.00. The summed E-state index contributed by atoms with van der Waals surface area (Å²) in [5.41, 5.74) is 4.74. The van der Waals surface area contributed by atoms with Crippen LogP contribution in [0, 0.1) is 6.92 Å². The minimum atomic E-state index is 0.136. The summed E-state index contributed by atoms with van der Waals surface area (Å²) in [6.07, 6.45) is 3.45. The Labute approximate surface area is 126 Å². The van der Waals surface area contributed by atoms with Crippen LogP contribution in [0.2, 0.25) is 0 Å². The zero-order chi connectivity index (χ0) is 14.4. The summed E-state index contributed by atoms with van der Waals surface area (Å²) in [6.45, 7) is 4.04. The molecule has 1 heterocycles. The Morgan fingerprint density at radius 3 is 2.50 bits per heavy atom. The van der Waals surface area contributed by atoms with Gasteiger partial charge in [-0.05, 0) is 44.4 Å². The monoisotopic (exact) mass is 333 g/mol. The van der Waals surface area contributed by atoms with Gasteiger partial charge in [0.2, 0.25) is 11.8 Å². The number of hydrogen-bond donors (Lipinski definition) is 2. The lowest BCUT2D eigenvalue weighted by atomic mass is 9.96. The van der Waals surface area contributed by atoms with Crippen molar-refractivity contribution in [1.29, 1.82) is 0 Å². The summed E-state index contributed by atoms with van der Waals surface area (Å²) in [4.78, 5) is 0. The molecule has 0 atom stereocenters. The highest BCUT2D eigenvalue weighted by Crippen LogP contribution is 2.40. The molecule has 2 N–H and O–H groups in total. The average Bonchev–Trinajstić information content (AvgIpc) is 2.65. The van der Waals surface area contributed by atoms with Gasteiger partial charge in [0.1, 0.15) is 0 Å². The van der Waals surface area contributed by atoms with Gasteiger partial charge < -0.3 is 10.2 Å². The summed E-state index contributed by atoms with van der Waals surface area (Å²) in [6, 6.07) is 5.76. The Kier molecular flexibility index (Phi) is 3.13. The van der Waals surface area contributed by atoms with E-state index in [4.69, 9.17) is 0 Å². The van der Waals surface area contributed by atoms with Gasteiger partial charge in [-0.3, -0.25) is 4.57 Å². The van der Waals surface area contributed by atoms with E-state index in [1.54, 1.807) is 0 Å². The topological polar surface area (TPSA) is 45.4 Å². The number of aromatic nitrogens is 1. The second-order valence-corrected chi connectivity index (χ2v) is 6.16. The van der Waals surface area contributed by atoms with Crippen molar-refractivity contribution in [2.24, 2.45) is 0 Å². The van der Waals surface area contributed by atoms with Gasteiger partial charge in [-0.2, -0.15) is 0 Å². The number of aromatic hydroxyl groups is 2. The number of nitrogens with zero attached hydrogens (tertiary/aromatic N) is 1. The quantitative estimate of drug-likeness (QED) is 0.774. The lowest BCUT2D eigenvalue weighted by Gasteiger charge is -2.09. The summed E-state index contributed by atoms with van der Waals surface area (Å²) >= 11 is 3.49. The fourth-order valence-electron chi connectivity index (χ4n) is 2.63. The van der Waals surface area contributed by atoms with Crippen LogP contribution in [-0.4, -0.2) is 14.8 Å². The Bertz CT molecular complexity index is 729. The molecule has 104 valence electrons. The molecule has 1 aliphatic carbocycles. The minimum Gasteiger partial charge on any atom is -0.494 e. The van der Waals surface area contributed by atoms with Gasteiger partial charge in [0.25, 0.3) is 0 Å². The van der Waals surface area contributed by atoms with Gasteiger partial charge >= 0.3 is 0 Å². The highest BCUT2D eigenvalue weighted by molar-refractivity contribution is 9.10. The lowest BCUT2D eigenvalue weighted by Crippen LogP contribution is -1.97. The number of rotatable bonds is 1. The first-order chi connectivity index (χ1) is 9.49. The van der Waals surface area contributed by atoms with Gasteiger partial charge in [0.15, 0.2) is 0 Å². The molecule has 0 radical (unpaired) electrons. The summed E-state index contributed by atoms with van der Waals surface area (Å²) in [7, 11) is 0. The summed E-state index contributed by atoms with van der Waals surface area (Å²) in [5, 5.41) is 20.9. The molecule has 0 spiro atoms. The number of allylic oxidation sites excluding steroid dienone is 2. The van der Waals surface area contributed by atoms with Crippen molar-refractivity contribution in [1.82, 2.24) is 4.57 Å². The largest absolute Gasteiger partial charge is 0.494 e. The zero-order valence-electron chi connectivity index (χ0n) is 11.4. The molecule has 0 unspecified atom stereocenters. The first kappa shape index (κ1) is 13.3. The average molecular weight is 334 g/mol. The molecule has 20 heavy (non-hydrogen) atoms. The molecule has 1 aromatic heterocycles. The summed E-state index contributed by atoms with van der Waals surface area (Å²) in [5.74, 6) is 0.276. The van der Waals surface area contributed by atoms with Crippen LogP contribution in [-0.2, 0) is 12.8 Å². The van der Waals surface area contributed by atoms with Crippen molar-refractivity contribution >= 4 is 15.9 Å². The molecule has 1 aliphatic rings. The molecule has 0 aliphatic heterocycles. The molecule has 0 fully saturated rings. The summed E-state index contributed by atoms with van der Waals surface area (Å²) < 4.78 is 2.47. The van der Waals surface area contributed by atoms with E-state index < -0.39 is 0 Å². The normalized spacial score (nSPS) is 14.1. The van der Waals surface area contributed by atoms with Crippen LogP contribution in [0.4, 0.5) is 0 Å². The zero-order valence-corrected chi connectivity index (χ0v) is 13.0. The molecule has 4 heteroatoms. The molecule has 0 bridgehead atoms. The van der Waals surface area contributed by atoms with Crippen molar-refractivity contribution in [3.8, 4) is 17.4 Å². The fraction of sp³-hybridized carbons (Fsp3) is 0.250. The Morgan fingerprint density at radius 2 is 1.80 bits per heavy atom. The Hall–Kier alpha value is -1.68. The van der Waals surface area contributed by atoms with E-state index in [0.717, 1.165) is 26.9 Å². The first-order valence-corrected chi connectivity index (χ1v) is 7.35. The van der Waals surface area contributed by atoms with E-state index >= 15 is 0 Å². The van der Waals surface area contributed by atoms with Gasteiger partial charge in [0.05, 0.1) is 5.69 Å². The Morgan fingerprint density at radius 1 is 1.10 bits per heavy atom. The molecule has 0 saturated carbocycles. The molecular weight excluding hydrogens is 318 g/mol. The number of benzene rings is 1. The van der Waals surface area contributed by atoms with Crippen molar-refractivity contribution in [3.63, 3.8) is 0 Å². The maximum Gasteiger partial charge on any atom is 0.202 e. The Balaban J connectivity index is 2.18. The van der Waals surface area contributed by atoms with Crippen LogP contribution in [0.1, 0.15) is 23.6 Å². The maximum absolute atomic E-state index is 10.4. The van der Waals surface area contributed by atoms with Crippen molar-refractivity contribution < 1.29 is 10.2 Å². The molecule has 1 aromatic carbocycles. The molecule has 0 amide bonds. The van der Waals surface area contributed by atoms with Crippen LogP contribution < -0.4 is 0 Å². The number of hydrogen-bond acceptors (Lipinski definition) is 2. The van der Waals surface area contributed by atoms with E-state index in [1.807, 2.05) is 32.0 Å². The van der Waals surface area contributed by atoms with Crippen LogP contribution in [0.3, 0.4) is 0 Å². The van der Waals surface area contributed by atoms with Crippen LogP contribution >= 0.6 is 15.9 Å². The third-order valence-corrected chi connectivity index (χ3v) is 4.71. The van der Waals surface area contributed by atoms with Crippen LogP contribution in [0.15, 0.2) is 34.3 Å². The molecule has 3 nitrogen and oxygen atoms in total. The van der Waals surface area contributed by atoms with Gasteiger partial charge in [-0.15, -0.1) is 0 Å². The van der Waals surface area contributed by atoms with Crippen molar-refractivity contribution in [2.45, 2.75) is 26.7 Å². The SMILES string of the molecule is CC1=CCc2c(c(O)n(-c3ccc(C)c(Br)c3)c2O)C1. The number of aryl methyl sites for hydroxylation is 1. The number of halogens is 1. The van der Waals surface area contributed by atoms with Gasteiger partial charge in [-0.1, -0.05) is 33.6 Å². The van der Waals surface area contributed by atoms with Gasteiger partial charge in [0, 0.05) is 15.6 Å². The standard InChI is InChI=1S/C16H16BrNO2/c1-9-3-6-12-13(7-9)16(20)18(15(12)19)11-5-4-10(2)14(17)8-11/h3-5,8,19-20H,6-7H2,1-2H3. The molecule has 3 rings (SSSR count). The smallest absolute Gasteiger partial charge is 0.202 e. The van der Waals surface area contributed by atoms with E-state index in [-0.39, 0.29) is 11.8 Å². The van der Waals surface area contributed by atoms with E-state index in [1.165, 1.54) is 10.1 Å². The van der Waals surface area contributed by atoms with Crippen LogP contribution in [0.5, 0.6) is 11.8 Å². The molecular formula is C16H16BrNO2. The van der Waals surface area contributed by atoms with E-state index in [0.29, 0.717) is 12.8 Å². The highest BCUT2D eigenvalue weighted by Gasteiger charge is 2.25. The minimum absolute atomic E-state index is 0.136. The highest BCUT2D eigenvalue weighted by atomic mass is 79.9. The second kappa shape index (κ2) is 4.70.